The van der Waals surface area contributed by atoms with Crippen molar-refractivity contribution in [3.63, 3.8) is 0 Å². The standard InChI is InChI=1S/C28H32N2O3/c1-18(2)30-22(11-7-10-20-8-5-4-6-9-20)14-15-26(30)27(31)29-25-16-21(13-12-19(25)3)23-17-24(23)28(32)33/h4-6,8-9,12-16,18,23-24H,7,10-11,17H2,1-3H3,(H,29,31)(H,32,33)/t23-,24-/m0/s1. The minimum absolute atomic E-state index is 0.0366. The molecular weight excluding hydrogens is 412 g/mol. The van der Waals surface area contributed by atoms with Crippen molar-refractivity contribution in [1.82, 2.24) is 4.57 Å². The summed E-state index contributed by atoms with van der Waals surface area (Å²) in [5.74, 6) is -1.16. The zero-order valence-corrected chi connectivity index (χ0v) is 19.5. The van der Waals surface area contributed by atoms with Gasteiger partial charge in [0.05, 0.1) is 5.92 Å². The number of carbonyl (C=O) groups is 2. The molecule has 0 radical (unpaired) electrons. The van der Waals surface area contributed by atoms with Crippen molar-refractivity contribution in [3.05, 3.63) is 88.7 Å². The molecule has 1 saturated carbocycles. The van der Waals surface area contributed by atoms with E-state index in [0.29, 0.717) is 12.1 Å². The summed E-state index contributed by atoms with van der Waals surface area (Å²) in [4.78, 5) is 24.5. The van der Waals surface area contributed by atoms with Crippen molar-refractivity contribution in [2.45, 2.75) is 58.4 Å². The van der Waals surface area contributed by atoms with E-state index in [4.69, 9.17) is 0 Å². The Labute approximate surface area is 195 Å². The molecule has 0 unspecified atom stereocenters. The number of anilines is 1. The summed E-state index contributed by atoms with van der Waals surface area (Å²) in [7, 11) is 0. The maximum atomic E-state index is 13.2. The van der Waals surface area contributed by atoms with E-state index in [1.165, 1.54) is 11.3 Å². The summed E-state index contributed by atoms with van der Waals surface area (Å²) in [5, 5.41) is 12.3. The van der Waals surface area contributed by atoms with Gasteiger partial charge in [-0.2, -0.15) is 0 Å². The van der Waals surface area contributed by atoms with Gasteiger partial charge in [-0.15, -0.1) is 0 Å². The van der Waals surface area contributed by atoms with Gasteiger partial charge in [-0.05, 0) is 87.3 Å². The van der Waals surface area contributed by atoms with Crippen molar-refractivity contribution >= 4 is 17.6 Å². The van der Waals surface area contributed by atoms with Gasteiger partial charge >= 0.3 is 5.97 Å². The van der Waals surface area contributed by atoms with Gasteiger partial charge in [0.15, 0.2) is 0 Å². The number of aryl methyl sites for hydroxylation is 3. The second-order valence-corrected chi connectivity index (χ2v) is 9.33. The van der Waals surface area contributed by atoms with Crippen LogP contribution in [-0.2, 0) is 17.6 Å². The fourth-order valence-electron chi connectivity index (χ4n) is 4.64. The lowest BCUT2D eigenvalue weighted by atomic mass is 10.0. The highest BCUT2D eigenvalue weighted by Crippen LogP contribution is 2.48. The molecule has 4 rings (SSSR count). The lowest BCUT2D eigenvalue weighted by Gasteiger charge is -2.18. The van der Waals surface area contributed by atoms with Crippen molar-refractivity contribution in [1.29, 1.82) is 0 Å². The lowest BCUT2D eigenvalue weighted by Crippen LogP contribution is -2.20. The van der Waals surface area contributed by atoms with Crippen LogP contribution in [-0.4, -0.2) is 21.6 Å². The fourth-order valence-corrected chi connectivity index (χ4v) is 4.64. The van der Waals surface area contributed by atoms with Gasteiger partial charge in [0.2, 0.25) is 0 Å². The molecule has 33 heavy (non-hydrogen) atoms. The van der Waals surface area contributed by atoms with Gasteiger partial charge in [-0.25, -0.2) is 0 Å². The molecule has 1 aromatic heterocycles. The normalized spacial score (nSPS) is 17.2. The predicted octanol–water partition coefficient (Wildman–Crippen LogP) is 5.99. The van der Waals surface area contributed by atoms with Crippen LogP contribution < -0.4 is 5.32 Å². The molecule has 2 N–H and O–H groups in total. The number of hydrogen-bond donors (Lipinski definition) is 2. The van der Waals surface area contributed by atoms with Crippen LogP contribution >= 0.6 is 0 Å². The number of carboxylic acid groups (broad SMARTS) is 1. The molecular formula is C28H32N2O3. The Morgan fingerprint density at radius 1 is 1.06 bits per heavy atom. The average molecular weight is 445 g/mol. The first kappa shape index (κ1) is 22.8. The van der Waals surface area contributed by atoms with Gasteiger partial charge in [0, 0.05) is 17.4 Å². The molecule has 0 saturated heterocycles. The van der Waals surface area contributed by atoms with E-state index >= 15 is 0 Å². The molecule has 1 aliphatic rings. The summed E-state index contributed by atoms with van der Waals surface area (Å²) >= 11 is 0. The number of nitrogens with one attached hydrogen (secondary N) is 1. The maximum Gasteiger partial charge on any atom is 0.307 e. The fraction of sp³-hybridized carbons (Fsp3) is 0.357. The van der Waals surface area contributed by atoms with E-state index < -0.39 is 5.97 Å². The van der Waals surface area contributed by atoms with Crippen molar-refractivity contribution in [2.24, 2.45) is 5.92 Å². The second-order valence-electron chi connectivity index (χ2n) is 9.33. The van der Waals surface area contributed by atoms with Gasteiger partial charge in [-0.1, -0.05) is 42.5 Å². The molecule has 1 fully saturated rings. The Morgan fingerprint density at radius 3 is 2.48 bits per heavy atom. The predicted molar refractivity (Wildman–Crippen MR) is 131 cm³/mol. The molecule has 1 aliphatic carbocycles. The number of rotatable bonds is 9. The largest absolute Gasteiger partial charge is 0.481 e. The monoisotopic (exact) mass is 444 g/mol. The van der Waals surface area contributed by atoms with E-state index in [-0.39, 0.29) is 23.8 Å². The molecule has 3 aromatic rings. The van der Waals surface area contributed by atoms with Crippen LogP contribution in [0.1, 0.15) is 71.5 Å². The number of aromatic nitrogens is 1. The average Bonchev–Trinajstić information content (AvgIpc) is 3.48. The highest BCUT2D eigenvalue weighted by Gasteiger charge is 2.44. The van der Waals surface area contributed by atoms with Crippen molar-refractivity contribution in [3.8, 4) is 0 Å². The molecule has 1 amide bonds. The number of amides is 1. The molecule has 5 nitrogen and oxygen atoms in total. The Bertz CT molecular complexity index is 1150. The number of carbonyl (C=O) groups excluding carboxylic acids is 1. The zero-order valence-electron chi connectivity index (χ0n) is 19.5. The molecule has 0 spiro atoms. The van der Waals surface area contributed by atoms with Crippen molar-refractivity contribution < 1.29 is 14.7 Å². The Kier molecular flexibility index (Phi) is 6.68. The SMILES string of the molecule is Cc1ccc([C@@H]2C[C@@H]2C(=O)O)cc1NC(=O)c1ccc(CCCc2ccccc2)n1C(C)C. The number of benzene rings is 2. The van der Waals surface area contributed by atoms with Crippen LogP contribution in [0.15, 0.2) is 60.7 Å². The summed E-state index contributed by atoms with van der Waals surface area (Å²) in [6.07, 6.45) is 3.60. The Morgan fingerprint density at radius 2 is 1.82 bits per heavy atom. The molecule has 1 heterocycles. The van der Waals surface area contributed by atoms with Crippen LogP contribution in [0.5, 0.6) is 0 Å². The van der Waals surface area contributed by atoms with Crippen molar-refractivity contribution in [2.75, 3.05) is 5.32 Å². The first-order valence-electron chi connectivity index (χ1n) is 11.7. The number of nitrogens with zero attached hydrogens (tertiary/aromatic N) is 1. The third-order valence-electron chi connectivity index (χ3n) is 6.54. The molecule has 0 aliphatic heterocycles. The molecule has 0 bridgehead atoms. The van der Waals surface area contributed by atoms with Crippen LogP contribution in [0.2, 0.25) is 0 Å². The summed E-state index contributed by atoms with van der Waals surface area (Å²) in [6.45, 7) is 6.16. The van der Waals surface area contributed by atoms with Crippen LogP contribution in [0, 0.1) is 12.8 Å². The van der Waals surface area contributed by atoms with E-state index in [2.05, 4.69) is 54.1 Å². The first-order chi connectivity index (χ1) is 15.8. The quantitative estimate of drug-likeness (QED) is 0.426. The highest BCUT2D eigenvalue weighted by molar-refractivity contribution is 6.03. The number of carboxylic acids is 1. The minimum atomic E-state index is -0.749. The maximum absolute atomic E-state index is 13.2. The summed E-state index contributed by atoms with van der Waals surface area (Å²) in [6, 6.07) is 20.5. The van der Waals surface area contributed by atoms with Crippen LogP contribution in [0.4, 0.5) is 5.69 Å². The molecule has 2 atom stereocenters. The summed E-state index contributed by atoms with van der Waals surface area (Å²) < 4.78 is 2.13. The van der Waals surface area contributed by atoms with E-state index in [1.807, 2.05) is 37.3 Å². The molecule has 172 valence electrons. The van der Waals surface area contributed by atoms with E-state index in [9.17, 15) is 14.7 Å². The summed E-state index contributed by atoms with van der Waals surface area (Å²) in [5.41, 5.74) is 5.83. The van der Waals surface area contributed by atoms with Crippen LogP contribution in [0.25, 0.3) is 0 Å². The number of aliphatic carboxylic acids is 1. The molecule has 5 heteroatoms. The lowest BCUT2D eigenvalue weighted by molar-refractivity contribution is -0.138. The minimum Gasteiger partial charge on any atom is -0.481 e. The van der Waals surface area contributed by atoms with E-state index in [0.717, 1.165) is 36.1 Å². The Balaban J connectivity index is 1.47. The van der Waals surface area contributed by atoms with Gasteiger partial charge in [0.1, 0.15) is 5.69 Å². The third-order valence-corrected chi connectivity index (χ3v) is 6.54. The zero-order chi connectivity index (χ0) is 23.5. The highest BCUT2D eigenvalue weighted by atomic mass is 16.4. The topological polar surface area (TPSA) is 71.3 Å². The smallest absolute Gasteiger partial charge is 0.307 e. The first-order valence-corrected chi connectivity index (χ1v) is 11.7. The van der Waals surface area contributed by atoms with Crippen LogP contribution in [0.3, 0.4) is 0 Å². The molecule has 2 aromatic carbocycles. The van der Waals surface area contributed by atoms with Gasteiger partial charge in [0.25, 0.3) is 5.91 Å². The van der Waals surface area contributed by atoms with Gasteiger partial charge < -0.3 is 15.0 Å². The third kappa shape index (κ3) is 5.19. The Hall–Kier alpha value is -3.34. The second kappa shape index (κ2) is 9.65. The number of hydrogen-bond acceptors (Lipinski definition) is 2. The van der Waals surface area contributed by atoms with E-state index in [1.54, 1.807) is 0 Å². The van der Waals surface area contributed by atoms with Gasteiger partial charge in [-0.3, -0.25) is 9.59 Å².